The van der Waals surface area contributed by atoms with Crippen molar-refractivity contribution in [1.29, 1.82) is 0 Å². The Balaban J connectivity index is 1.63. The molecular weight excluding hydrogens is 352 g/mol. The molecule has 3 saturated carbocycles. The predicted molar refractivity (Wildman–Crippen MR) is 110 cm³/mol. The number of fused-ring (bicyclic) bond motifs is 5. The van der Waals surface area contributed by atoms with Crippen LogP contribution in [0.25, 0.3) is 0 Å². The maximum Gasteiger partial charge on any atom is 0.0868 e. The van der Waals surface area contributed by atoms with Gasteiger partial charge in [0.1, 0.15) is 0 Å². The van der Waals surface area contributed by atoms with E-state index in [1.165, 1.54) is 17.7 Å². The molecule has 0 heterocycles. The topological polar surface area (TPSA) is 87.7 Å². The van der Waals surface area contributed by atoms with Crippen LogP contribution in [0.5, 0.6) is 0 Å². The van der Waals surface area contributed by atoms with Crippen LogP contribution in [0, 0.1) is 34.5 Å². The summed E-state index contributed by atoms with van der Waals surface area (Å²) < 4.78 is 0. The van der Waals surface area contributed by atoms with Gasteiger partial charge in [0.2, 0.25) is 0 Å². The molecule has 0 radical (unpaired) electrons. The first-order valence-corrected chi connectivity index (χ1v) is 11.5. The zero-order valence-electron chi connectivity index (χ0n) is 17.9. The molecular formula is C23H40N2O3. The van der Waals surface area contributed by atoms with Crippen molar-refractivity contribution in [3.8, 4) is 0 Å². The molecule has 4 rings (SSSR count). The molecule has 5 N–H and O–H groups in total. The lowest BCUT2D eigenvalue weighted by atomic mass is 9.44. The summed E-state index contributed by atoms with van der Waals surface area (Å²) in [5, 5.41) is 22.0. The van der Waals surface area contributed by atoms with Gasteiger partial charge in [-0.3, -0.25) is 10.3 Å². The number of hydrogen-bond donors (Lipinski definition) is 4. The van der Waals surface area contributed by atoms with Gasteiger partial charge >= 0.3 is 0 Å². The van der Waals surface area contributed by atoms with Crippen LogP contribution in [-0.2, 0) is 4.84 Å². The molecule has 0 aliphatic heterocycles. The van der Waals surface area contributed by atoms with Crippen LogP contribution >= 0.6 is 0 Å². The lowest BCUT2D eigenvalue weighted by Crippen LogP contribution is -2.58. The number of aliphatic hydroxyl groups excluding tert-OH is 2. The normalized spacial score (nSPS) is 48.1. The van der Waals surface area contributed by atoms with Gasteiger partial charge in [-0.05, 0) is 85.5 Å². The molecule has 0 saturated heterocycles. The van der Waals surface area contributed by atoms with E-state index in [1.54, 1.807) is 0 Å². The number of rotatable bonds is 5. The quantitative estimate of drug-likeness (QED) is 0.426. The Morgan fingerprint density at radius 1 is 1.11 bits per heavy atom. The van der Waals surface area contributed by atoms with Crippen LogP contribution in [0.2, 0.25) is 0 Å². The molecule has 0 aromatic heterocycles. The maximum atomic E-state index is 11.4. The van der Waals surface area contributed by atoms with E-state index in [1.807, 2.05) is 0 Å². The SMILES string of the molecule is CCC1=C(NOCCN)CC[C@@]2(C)C1C(O)C[C@@H]1[C@H]2CC[C@]2(C)C(O)CC[C@@H]12. The fourth-order valence-electron chi connectivity index (χ4n) is 7.95. The molecule has 4 aliphatic rings. The third kappa shape index (κ3) is 2.96. The van der Waals surface area contributed by atoms with Gasteiger partial charge < -0.3 is 15.9 Å². The lowest BCUT2D eigenvalue weighted by molar-refractivity contribution is -0.147. The first kappa shape index (κ1) is 20.6. The van der Waals surface area contributed by atoms with Gasteiger partial charge in [0.05, 0.1) is 18.8 Å². The molecule has 3 unspecified atom stereocenters. The molecule has 28 heavy (non-hydrogen) atoms. The smallest absolute Gasteiger partial charge is 0.0868 e. The van der Waals surface area contributed by atoms with Gasteiger partial charge in [-0.15, -0.1) is 0 Å². The summed E-state index contributed by atoms with van der Waals surface area (Å²) >= 11 is 0. The second-order valence-corrected chi connectivity index (χ2v) is 10.4. The second kappa shape index (κ2) is 7.57. The van der Waals surface area contributed by atoms with Gasteiger partial charge in [-0.25, -0.2) is 0 Å². The van der Waals surface area contributed by atoms with Crippen molar-refractivity contribution in [1.82, 2.24) is 5.48 Å². The second-order valence-electron chi connectivity index (χ2n) is 10.4. The largest absolute Gasteiger partial charge is 0.393 e. The third-order valence-corrected chi connectivity index (χ3v) is 9.32. The summed E-state index contributed by atoms with van der Waals surface area (Å²) in [5.74, 6) is 1.98. The minimum absolute atomic E-state index is 0.0605. The van der Waals surface area contributed by atoms with Crippen molar-refractivity contribution in [2.24, 2.45) is 40.2 Å². The Bertz CT molecular complexity index is 623. The van der Waals surface area contributed by atoms with Crippen molar-refractivity contribution in [2.45, 2.75) is 84.3 Å². The van der Waals surface area contributed by atoms with Crippen LogP contribution in [-0.4, -0.2) is 35.6 Å². The number of hydroxylamine groups is 1. The van der Waals surface area contributed by atoms with E-state index in [9.17, 15) is 10.2 Å². The van der Waals surface area contributed by atoms with Crippen molar-refractivity contribution in [3.05, 3.63) is 11.3 Å². The number of aliphatic hydroxyl groups is 2. The number of nitrogens with two attached hydrogens (primary N) is 1. The van der Waals surface area contributed by atoms with E-state index >= 15 is 0 Å². The highest BCUT2D eigenvalue weighted by molar-refractivity contribution is 5.26. The molecule has 4 aliphatic carbocycles. The zero-order valence-corrected chi connectivity index (χ0v) is 17.9. The molecule has 0 bridgehead atoms. The maximum absolute atomic E-state index is 11.4. The molecule has 0 amide bonds. The zero-order chi connectivity index (χ0) is 20.1. The minimum Gasteiger partial charge on any atom is -0.393 e. The highest BCUT2D eigenvalue weighted by atomic mass is 16.6. The van der Waals surface area contributed by atoms with Crippen molar-refractivity contribution >= 4 is 0 Å². The Morgan fingerprint density at radius 2 is 1.86 bits per heavy atom. The summed E-state index contributed by atoms with van der Waals surface area (Å²) in [6.45, 7) is 7.95. The summed E-state index contributed by atoms with van der Waals surface area (Å²) in [4.78, 5) is 5.55. The van der Waals surface area contributed by atoms with Crippen molar-refractivity contribution < 1.29 is 15.1 Å². The standard InChI is InChI=1S/C23H40N2O3/c1-4-14-18(25-28-12-11-24)8-10-23(3)17-7-9-22(2)16(5-6-20(22)27)15(17)13-19(26)21(14)23/h15-17,19-21,25-27H,4-13,24H2,1-3H3/t15-,16-,17+,19?,20?,21?,22-,23+/m0/s1. The average Bonchev–Trinajstić information content (AvgIpc) is 2.97. The fourth-order valence-corrected chi connectivity index (χ4v) is 7.95. The van der Waals surface area contributed by atoms with Gasteiger partial charge in [0.15, 0.2) is 0 Å². The van der Waals surface area contributed by atoms with Crippen LogP contribution in [0.15, 0.2) is 11.3 Å². The Hall–Kier alpha value is -0.620. The monoisotopic (exact) mass is 392 g/mol. The molecule has 5 heteroatoms. The van der Waals surface area contributed by atoms with E-state index < -0.39 is 0 Å². The van der Waals surface area contributed by atoms with Crippen molar-refractivity contribution in [3.63, 3.8) is 0 Å². The summed E-state index contributed by atoms with van der Waals surface area (Å²) in [5.41, 5.74) is 11.5. The number of nitrogens with one attached hydrogen (secondary N) is 1. The summed E-state index contributed by atoms with van der Waals surface area (Å²) in [6, 6.07) is 0. The molecule has 5 nitrogen and oxygen atoms in total. The van der Waals surface area contributed by atoms with Gasteiger partial charge in [-0.2, -0.15) is 0 Å². The molecule has 160 valence electrons. The van der Waals surface area contributed by atoms with E-state index in [2.05, 4.69) is 26.3 Å². The average molecular weight is 393 g/mol. The Morgan fingerprint density at radius 3 is 2.57 bits per heavy atom. The lowest BCUT2D eigenvalue weighted by Gasteiger charge is -2.61. The highest BCUT2D eigenvalue weighted by Gasteiger charge is 2.62. The van der Waals surface area contributed by atoms with Crippen LogP contribution in [0.1, 0.15) is 72.1 Å². The number of hydrogen-bond acceptors (Lipinski definition) is 5. The minimum atomic E-state index is -0.298. The van der Waals surface area contributed by atoms with Crippen molar-refractivity contribution in [2.75, 3.05) is 13.2 Å². The first-order chi connectivity index (χ1) is 13.4. The predicted octanol–water partition coefficient (Wildman–Crippen LogP) is 3.11. The van der Waals surface area contributed by atoms with E-state index in [4.69, 9.17) is 10.6 Å². The van der Waals surface area contributed by atoms with Gasteiger partial charge in [-0.1, -0.05) is 20.8 Å². The van der Waals surface area contributed by atoms with Crippen LogP contribution in [0.4, 0.5) is 0 Å². The third-order valence-electron chi connectivity index (χ3n) is 9.32. The van der Waals surface area contributed by atoms with Gasteiger partial charge in [0.25, 0.3) is 0 Å². The highest BCUT2D eigenvalue weighted by Crippen LogP contribution is 2.66. The molecule has 3 fully saturated rings. The number of allylic oxidation sites excluding steroid dienone is 1. The van der Waals surface area contributed by atoms with Gasteiger partial charge in [0, 0.05) is 18.2 Å². The van der Waals surface area contributed by atoms with E-state index in [-0.39, 0.29) is 29.0 Å². The van der Waals surface area contributed by atoms with E-state index in [0.29, 0.717) is 30.9 Å². The van der Waals surface area contributed by atoms with Crippen LogP contribution < -0.4 is 11.2 Å². The molecule has 0 aromatic carbocycles. The van der Waals surface area contributed by atoms with E-state index in [0.717, 1.165) is 44.9 Å². The first-order valence-electron chi connectivity index (χ1n) is 11.5. The molecule has 8 atom stereocenters. The fraction of sp³-hybridized carbons (Fsp3) is 0.913. The Kier molecular flexibility index (Phi) is 5.58. The van der Waals surface area contributed by atoms with Crippen LogP contribution in [0.3, 0.4) is 0 Å². The summed E-state index contributed by atoms with van der Waals surface area (Å²) in [6.07, 6.45) is 7.85. The molecule has 0 aromatic rings. The molecule has 0 spiro atoms. The summed E-state index contributed by atoms with van der Waals surface area (Å²) in [7, 11) is 0. The Labute approximate surface area is 170 Å².